The van der Waals surface area contributed by atoms with Crippen LogP contribution in [0.4, 0.5) is 0 Å². The van der Waals surface area contributed by atoms with Gasteiger partial charge >= 0.3 is 11.9 Å². The third-order valence-corrected chi connectivity index (χ3v) is 2.08. The molecule has 1 rings (SSSR count). The van der Waals surface area contributed by atoms with Crippen molar-refractivity contribution in [2.45, 2.75) is 26.2 Å². The Morgan fingerprint density at radius 1 is 1.00 bits per heavy atom. The van der Waals surface area contributed by atoms with E-state index in [4.69, 9.17) is 10.2 Å². The maximum absolute atomic E-state index is 9.55. The predicted molar refractivity (Wildman–Crippen MR) is 71.2 cm³/mol. The zero-order valence-electron chi connectivity index (χ0n) is 11.1. The van der Waals surface area contributed by atoms with Gasteiger partial charge < -0.3 is 15.3 Å². The van der Waals surface area contributed by atoms with Crippen LogP contribution in [0.5, 0.6) is 5.75 Å². The summed E-state index contributed by atoms with van der Waals surface area (Å²) in [7, 11) is 0. The monoisotopic (exact) mass is 266 g/mol. The van der Waals surface area contributed by atoms with Crippen LogP contribution in [0, 0.1) is 0 Å². The molecule has 0 unspecified atom stereocenters. The van der Waals surface area contributed by atoms with Crippen LogP contribution in [-0.4, -0.2) is 27.3 Å². The number of phenols is 1. The Bertz CT molecular complexity index is 453. The standard InChI is InChI=1S/C10H14O.C4H4O4/c1-10(2,3)8-6-4-5-7-9(8)11;5-3(6)1-2-4(7)8/h4-7,11H,1-3H3;1-2H,(H,5,6)(H,7,8)/b;2-1-. The van der Waals surface area contributed by atoms with Crippen LogP contribution in [0.1, 0.15) is 26.3 Å². The molecule has 0 aliphatic carbocycles. The Labute approximate surface area is 111 Å². The third-order valence-electron chi connectivity index (χ3n) is 2.08. The highest BCUT2D eigenvalue weighted by Gasteiger charge is 2.16. The van der Waals surface area contributed by atoms with Crippen molar-refractivity contribution in [3.63, 3.8) is 0 Å². The van der Waals surface area contributed by atoms with E-state index in [0.29, 0.717) is 17.9 Å². The van der Waals surface area contributed by atoms with Crippen LogP contribution >= 0.6 is 0 Å². The van der Waals surface area contributed by atoms with E-state index in [9.17, 15) is 14.7 Å². The fraction of sp³-hybridized carbons (Fsp3) is 0.286. The van der Waals surface area contributed by atoms with E-state index in [0.717, 1.165) is 5.56 Å². The van der Waals surface area contributed by atoms with E-state index in [2.05, 4.69) is 20.8 Å². The fourth-order valence-corrected chi connectivity index (χ4v) is 1.25. The zero-order chi connectivity index (χ0) is 15.1. The number of hydrogen-bond acceptors (Lipinski definition) is 3. The Morgan fingerprint density at radius 3 is 1.68 bits per heavy atom. The van der Waals surface area contributed by atoms with Gasteiger partial charge in [-0.05, 0) is 17.0 Å². The van der Waals surface area contributed by atoms with Gasteiger partial charge in [0.25, 0.3) is 0 Å². The van der Waals surface area contributed by atoms with E-state index in [-0.39, 0.29) is 5.41 Å². The van der Waals surface area contributed by atoms with Gasteiger partial charge in [-0.3, -0.25) is 0 Å². The molecule has 0 saturated heterocycles. The second-order valence-corrected chi connectivity index (χ2v) is 4.78. The van der Waals surface area contributed by atoms with Gasteiger partial charge in [-0.25, -0.2) is 9.59 Å². The maximum Gasteiger partial charge on any atom is 0.328 e. The van der Waals surface area contributed by atoms with Crippen LogP contribution in [-0.2, 0) is 15.0 Å². The molecule has 0 heterocycles. The smallest absolute Gasteiger partial charge is 0.328 e. The number of aliphatic carboxylic acids is 2. The summed E-state index contributed by atoms with van der Waals surface area (Å²) in [5, 5.41) is 25.1. The highest BCUT2D eigenvalue weighted by atomic mass is 16.4. The minimum absolute atomic E-state index is 0.0331. The first-order valence-electron chi connectivity index (χ1n) is 5.57. The summed E-state index contributed by atoms with van der Waals surface area (Å²) < 4.78 is 0. The number of phenolic OH excluding ortho intramolecular Hbond substituents is 1. The summed E-state index contributed by atoms with van der Waals surface area (Å²) in [6.07, 6.45) is 1.12. The van der Waals surface area contributed by atoms with E-state index < -0.39 is 11.9 Å². The minimum Gasteiger partial charge on any atom is -0.508 e. The first-order chi connectivity index (χ1) is 8.64. The average molecular weight is 266 g/mol. The van der Waals surface area contributed by atoms with Crippen molar-refractivity contribution in [1.82, 2.24) is 0 Å². The lowest BCUT2D eigenvalue weighted by molar-refractivity contribution is -0.134. The van der Waals surface area contributed by atoms with E-state index in [1.165, 1.54) is 0 Å². The molecule has 104 valence electrons. The number of aromatic hydroxyl groups is 1. The lowest BCUT2D eigenvalue weighted by Crippen LogP contribution is -2.10. The average Bonchev–Trinajstić information content (AvgIpc) is 2.26. The second-order valence-electron chi connectivity index (χ2n) is 4.78. The summed E-state index contributed by atoms with van der Waals surface area (Å²) in [4.78, 5) is 19.1. The molecule has 3 N–H and O–H groups in total. The molecule has 1 aromatic carbocycles. The number of hydrogen-bond donors (Lipinski definition) is 3. The van der Waals surface area contributed by atoms with Crippen molar-refractivity contribution in [2.24, 2.45) is 0 Å². The molecule has 5 nitrogen and oxygen atoms in total. The molecule has 0 aromatic heterocycles. The van der Waals surface area contributed by atoms with Gasteiger partial charge in [-0.2, -0.15) is 0 Å². The molecule has 5 heteroatoms. The molecular weight excluding hydrogens is 248 g/mol. The van der Waals surface area contributed by atoms with E-state index >= 15 is 0 Å². The van der Waals surface area contributed by atoms with Crippen LogP contribution < -0.4 is 0 Å². The molecule has 0 spiro atoms. The molecule has 0 fully saturated rings. The van der Waals surface area contributed by atoms with Crippen molar-refractivity contribution in [3.05, 3.63) is 42.0 Å². The lowest BCUT2D eigenvalue weighted by atomic mass is 9.86. The van der Waals surface area contributed by atoms with Crippen molar-refractivity contribution >= 4 is 11.9 Å². The number of para-hydroxylation sites is 1. The number of carboxylic acids is 2. The molecule has 0 aliphatic heterocycles. The SMILES string of the molecule is CC(C)(C)c1ccccc1O.O=C(O)/C=C\C(=O)O. The van der Waals surface area contributed by atoms with Crippen LogP contribution in [0.3, 0.4) is 0 Å². The quantitative estimate of drug-likeness (QED) is 0.714. The van der Waals surface area contributed by atoms with Crippen molar-refractivity contribution in [2.75, 3.05) is 0 Å². The zero-order valence-corrected chi connectivity index (χ0v) is 11.1. The largest absolute Gasteiger partial charge is 0.508 e. The van der Waals surface area contributed by atoms with Crippen molar-refractivity contribution < 1.29 is 24.9 Å². The number of carboxylic acid groups (broad SMARTS) is 2. The molecule has 0 saturated carbocycles. The molecule has 0 radical (unpaired) electrons. The number of rotatable bonds is 2. The number of carbonyl (C=O) groups is 2. The van der Waals surface area contributed by atoms with Gasteiger partial charge in [0.15, 0.2) is 0 Å². The van der Waals surface area contributed by atoms with Gasteiger partial charge in [0.1, 0.15) is 5.75 Å². The van der Waals surface area contributed by atoms with Crippen molar-refractivity contribution in [1.29, 1.82) is 0 Å². The molecule has 0 bridgehead atoms. The summed E-state index contributed by atoms with van der Waals surface area (Å²) >= 11 is 0. The second kappa shape index (κ2) is 7.20. The van der Waals surface area contributed by atoms with Crippen LogP contribution in [0.15, 0.2) is 36.4 Å². The fourth-order valence-electron chi connectivity index (χ4n) is 1.25. The Kier molecular flexibility index (Phi) is 6.33. The van der Waals surface area contributed by atoms with Gasteiger partial charge in [0.05, 0.1) is 0 Å². The van der Waals surface area contributed by atoms with Gasteiger partial charge in [0, 0.05) is 12.2 Å². The molecule has 0 amide bonds. The van der Waals surface area contributed by atoms with Crippen molar-refractivity contribution in [3.8, 4) is 5.75 Å². The van der Waals surface area contributed by atoms with Gasteiger partial charge in [0.2, 0.25) is 0 Å². The number of benzene rings is 1. The topological polar surface area (TPSA) is 94.8 Å². The maximum atomic E-state index is 9.55. The third kappa shape index (κ3) is 7.59. The summed E-state index contributed by atoms with van der Waals surface area (Å²) in [6.45, 7) is 6.26. The minimum atomic E-state index is -1.26. The van der Waals surface area contributed by atoms with Crippen LogP contribution in [0.25, 0.3) is 0 Å². The summed E-state index contributed by atoms with van der Waals surface area (Å²) in [6, 6.07) is 7.46. The first-order valence-corrected chi connectivity index (χ1v) is 5.57. The van der Waals surface area contributed by atoms with E-state index in [1.54, 1.807) is 6.07 Å². The first kappa shape index (κ1) is 16.7. The highest BCUT2D eigenvalue weighted by Crippen LogP contribution is 2.29. The van der Waals surface area contributed by atoms with Gasteiger partial charge in [-0.15, -0.1) is 0 Å². The molecule has 1 aromatic rings. The van der Waals surface area contributed by atoms with E-state index in [1.807, 2.05) is 18.2 Å². The van der Waals surface area contributed by atoms with Crippen LogP contribution in [0.2, 0.25) is 0 Å². The Hall–Kier alpha value is -2.30. The summed E-state index contributed by atoms with van der Waals surface area (Å²) in [5.41, 5.74) is 1.03. The highest BCUT2D eigenvalue weighted by molar-refractivity contribution is 5.89. The molecule has 19 heavy (non-hydrogen) atoms. The molecular formula is C14H18O5. The predicted octanol–water partition coefficient (Wildman–Crippen LogP) is 2.40. The lowest BCUT2D eigenvalue weighted by Gasteiger charge is -2.19. The Morgan fingerprint density at radius 2 is 1.42 bits per heavy atom. The molecule has 0 aliphatic rings. The Balaban J connectivity index is 0.000000362. The van der Waals surface area contributed by atoms with Gasteiger partial charge in [-0.1, -0.05) is 39.0 Å². The molecule has 0 atom stereocenters. The normalized spacial score (nSPS) is 10.7. The summed E-state index contributed by atoms with van der Waals surface area (Å²) in [5.74, 6) is -2.13.